The molecule has 4 N–H and O–H groups in total. The Hall–Kier alpha value is -2.83. The monoisotopic (exact) mass is 342 g/mol. The highest BCUT2D eigenvalue weighted by Crippen LogP contribution is 2.24. The lowest BCUT2D eigenvalue weighted by Gasteiger charge is -2.25. The molecule has 1 unspecified atom stereocenters. The van der Waals surface area contributed by atoms with Gasteiger partial charge >= 0.3 is 5.97 Å². The first-order valence-corrected chi connectivity index (χ1v) is 8.49. The van der Waals surface area contributed by atoms with Gasteiger partial charge in [-0.25, -0.2) is 4.98 Å². The number of fused-ring (bicyclic) bond motifs is 1. The summed E-state index contributed by atoms with van der Waals surface area (Å²) in [6.07, 6.45) is 7.49. The molecule has 3 heterocycles. The number of aryl methyl sites for hydroxylation is 2. The summed E-state index contributed by atoms with van der Waals surface area (Å²) in [5.41, 5.74) is 2.79. The van der Waals surface area contributed by atoms with Gasteiger partial charge in [0.1, 0.15) is 11.5 Å². The van der Waals surface area contributed by atoms with E-state index in [1.165, 1.54) is 5.56 Å². The van der Waals surface area contributed by atoms with E-state index >= 15 is 0 Å². The summed E-state index contributed by atoms with van der Waals surface area (Å²) in [4.78, 5) is 29.7. The van der Waals surface area contributed by atoms with Crippen LogP contribution in [0.5, 0.6) is 0 Å². The van der Waals surface area contributed by atoms with Crippen LogP contribution in [0.4, 0.5) is 5.82 Å². The quantitative estimate of drug-likeness (QED) is 0.615. The van der Waals surface area contributed by atoms with Gasteiger partial charge in [-0.1, -0.05) is 6.07 Å². The number of carbonyl (C=O) groups is 2. The van der Waals surface area contributed by atoms with E-state index in [4.69, 9.17) is 5.11 Å². The number of carbonyl (C=O) groups excluding carboxylic acids is 1. The molecule has 0 saturated carbocycles. The van der Waals surface area contributed by atoms with E-state index in [1.807, 2.05) is 18.3 Å². The third kappa shape index (κ3) is 4.59. The zero-order valence-electron chi connectivity index (χ0n) is 13.9. The standard InChI is InChI=1S/C18H22N4O3/c23-16(24)7-9-20-18(25)15-10-12(11-21-15)3-5-14-6-4-13-2-1-8-19-17(13)22-14/h1-2,8,10-11,14,21H,3-7,9H2,(H,19,22)(H,20,25)(H,23,24). The zero-order chi connectivity index (χ0) is 17.6. The van der Waals surface area contributed by atoms with Crippen molar-refractivity contribution in [3.05, 3.63) is 47.4 Å². The van der Waals surface area contributed by atoms with E-state index in [1.54, 1.807) is 6.20 Å². The zero-order valence-corrected chi connectivity index (χ0v) is 13.9. The highest BCUT2D eigenvalue weighted by atomic mass is 16.4. The second-order valence-corrected chi connectivity index (χ2v) is 6.25. The van der Waals surface area contributed by atoms with Gasteiger partial charge in [-0.3, -0.25) is 9.59 Å². The third-order valence-electron chi connectivity index (χ3n) is 4.39. The molecule has 7 heteroatoms. The number of rotatable bonds is 7. The number of nitrogens with one attached hydrogen (secondary N) is 3. The molecule has 1 aliphatic rings. The van der Waals surface area contributed by atoms with E-state index in [2.05, 4.69) is 26.7 Å². The maximum Gasteiger partial charge on any atom is 0.305 e. The second-order valence-electron chi connectivity index (χ2n) is 6.25. The molecule has 25 heavy (non-hydrogen) atoms. The molecule has 0 aliphatic carbocycles. The smallest absolute Gasteiger partial charge is 0.305 e. The Bertz CT molecular complexity index is 756. The Morgan fingerprint density at radius 1 is 1.40 bits per heavy atom. The van der Waals surface area contributed by atoms with Crippen LogP contribution in [0.2, 0.25) is 0 Å². The highest BCUT2D eigenvalue weighted by molar-refractivity contribution is 5.92. The van der Waals surface area contributed by atoms with Gasteiger partial charge in [0.25, 0.3) is 5.91 Å². The van der Waals surface area contributed by atoms with Crippen molar-refractivity contribution in [3.63, 3.8) is 0 Å². The summed E-state index contributed by atoms with van der Waals surface area (Å²) in [6.45, 7) is 0.126. The van der Waals surface area contributed by atoms with Crippen molar-refractivity contribution < 1.29 is 14.7 Å². The molecule has 0 fully saturated rings. The molecule has 2 aromatic rings. The van der Waals surface area contributed by atoms with Crippen LogP contribution in [0.1, 0.15) is 40.9 Å². The first-order valence-electron chi connectivity index (χ1n) is 8.49. The highest BCUT2D eigenvalue weighted by Gasteiger charge is 2.18. The molecule has 0 spiro atoms. The molecule has 0 saturated heterocycles. The maximum absolute atomic E-state index is 11.9. The van der Waals surface area contributed by atoms with Crippen molar-refractivity contribution in [2.24, 2.45) is 0 Å². The summed E-state index contributed by atoms with van der Waals surface area (Å²) in [6, 6.07) is 6.27. The number of anilines is 1. The molecule has 2 aromatic heterocycles. The number of aliphatic carboxylic acids is 1. The lowest BCUT2D eigenvalue weighted by molar-refractivity contribution is -0.136. The van der Waals surface area contributed by atoms with Crippen LogP contribution in [-0.4, -0.2) is 39.5 Å². The molecular formula is C18H22N4O3. The van der Waals surface area contributed by atoms with Crippen molar-refractivity contribution in [2.45, 2.75) is 38.1 Å². The molecule has 132 valence electrons. The minimum Gasteiger partial charge on any atom is -0.481 e. The van der Waals surface area contributed by atoms with E-state index in [-0.39, 0.29) is 18.9 Å². The number of carboxylic acids is 1. The number of aromatic nitrogens is 2. The van der Waals surface area contributed by atoms with Crippen LogP contribution in [0, 0.1) is 0 Å². The summed E-state index contributed by atoms with van der Waals surface area (Å²) < 4.78 is 0. The van der Waals surface area contributed by atoms with Gasteiger partial charge < -0.3 is 20.7 Å². The second kappa shape index (κ2) is 7.83. The van der Waals surface area contributed by atoms with Crippen LogP contribution >= 0.6 is 0 Å². The number of hydrogen-bond acceptors (Lipinski definition) is 4. The Balaban J connectivity index is 1.47. The Morgan fingerprint density at radius 3 is 3.12 bits per heavy atom. The van der Waals surface area contributed by atoms with Crippen LogP contribution in [-0.2, 0) is 17.6 Å². The van der Waals surface area contributed by atoms with Crippen LogP contribution in [0.15, 0.2) is 30.6 Å². The molecule has 0 radical (unpaired) electrons. The Labute approximate surface area is 145 Å². The van der Waals surface area contributed by atoms with E-state index in [9.17, 15) is 9.59 Å². The lowest BCUT2D eigenvalue weighted by Crippen LogP contribution is -2.26. The number of amides is 1. The molecule has 0 aromatic carbocycles. The van der Waals surface area contributed by atoms with Crippen molar-refractivity contribution in [2.75, 3.05) is 11.9 Å². The van der Waals surface area contributed by atoms with Gasteiger partial charge in [-0.15, -0.1) is 0 Å². The molecule has 7 nitrogen and oxygen atoms in total. The number of H-pyrrole nitrogens is 1. The number of pyridine rings is 1. The number of aromatic amines is 1. The van der Waals surface area contributed by atoms with Crippen molar-refractivity contribution in [1.29, 1.82) is 0 Å². The molecule has 1 amide bonds. The fourth-order valence-corrected chi connectivity index (χ4v) is 3.02. The van der Waals surface area contributed by atoms with E-state index in [0.717, 1.165) is 37.1 Å². The fraction of sp³-hybridized carbons (Fsp3) is 0.389. The van der Waals surface area contributed by atoms with Gasteiger partial charge in [-0.05, 0) is 48.9 Å². The topological polar surface area (TPSA) is 107 Å². The number of carboxylic acid groups (broad SMARTS) is 1. The summed E-state index contributed by atoms with van der Waals surface area (Å²) in [5.74, 6) is -0.226. The van der Waals surface area contributed by atoms with Gasteiger partial charge in [0, 0.05) is 25.0 Å². The van der Waals surface area contributed by atoms with Gasteiger partial charge in [0.15, 0.2) is 0 Å². The fourth-order valence-electron chi connectivity index (χ4n) is 3.02. The first kappa shape index (κ1) is 17.0. The van der Waals surface area contributed by atoms with Crippen LogP contribution in [0.3, 0.4) is 0 Å². The van der Waals surface area contributed by atoms with Crippen LogP contribution < -0.4 is 10.6 Å². The normalized spacial score (nSPS) is 15.9. The van der Waals surface area contributed by atoms with Gasteiger partial charge in [0.2, 0.25) is 0 Å². The average molecular weight is 342 g/mol. The SMILES string of the molecule is O=C(O)CCNC(=O)c1cc(CCC2CCc3cccnc3N2)c[nH]1. The molecule has 3 rings (SSSR count). The average Bonchev–Trinajstić information content (AvgIpc) is 3.08. The van der Waals surface area contributed by atoms with Gasteiger partial charge in [-0.2, -0.15) is 0 Å². The number of nitrogens with zero attached hydrogens (tertiary/aromatic N) is 1. The minimum atomic E-state index is -0.927. The minimum absolute atomic E-state index is 0.0812. The predicted molar refractivity (Wildman–Crippen MR) is 93.7 cm³/mol. The number of hydrogen-bond donors (Lipinski definition) is 4. The molecular weight excluding hydrogens is 320 g/mol. The van der Waals surface area contributed by atoms with Crippen molar-refractivity contribution in [1.82, 2.24) is 15.3 Å². The summed E-state index contributed by atoms with van der Waals surface area (Å²) in [7, 11) is 0. The van der Waals surface area contributed by atoms with Crippen LogP contribution in [0.25, 0.3) is 0 Å². The molecule has 1 aliphatic heterocycles. The Morgan fingerprint density at radius 2 is 2.28 bits per heavy atom. The van der Waals surface area contributed by atoms with E-state index < -0.39 is 5.97 Å². The van der Waals surface area contributed by atoms with Crippen molar-refractivity contribution in [3.8, 4) is 0 Å². The predicted octanol–water partition coefficient (Wildman–Crippen LogP) is 1.97. The largest absolute Gasteiger partial charge is 0.481 e. The van der Waals surface area contributed by atoms with Gasteiger partial charge in [0.05, 0.1) is 6.42 Å². The first-order chi connectivity index (χ1) is 12.1. The van der Waals surface area contributed by atoms with Crippen molar-refractivity contribution >= 4 is 17.7 Å². The summed E-state index contributed by atoms with van der Waals surface area (Å²) in [5, 5.41) is 14.7. The maximum atomic E-state index is 11.9. The Kier molecular flexibility index (Phi) is 5.33. The molecule has 0 bridgehead atoms. The summed E-state index contributed by atoms with van der Waals surface area (Å²) >= 11 is 0. The lowest BCUT2D eigenvalue weighted by atomic mass is 9.96. The van der Waals surface area contributed by atoms with E-state index in [0.29, 0.717) is 11.7 Å². The third-order valence-corrected chi connectivity index (χ3v) is 4.39. The molecule has 1 atom stereocenters.